The molecule has 0 atom stereocenters. The first kappa shape index (κ1) is 15.1. The summed E-state index contributed by atoms with van der Waals surface area (Å²) in [6.07, 6.45) is -0.113. The van der Waals surface area contributed by atoms with E-state index in [4.69, 9.17) is 5.11 Å². The second kappa shape index (κ2) is 6.86. The Bertz CT molecular complexity index is 498. The van der Waals surface area contributed by atoms with Crippen LogP contribution < -0.4 is 5.32 Å². The number of aliphatic hydroxyl groups is 1. The van der Waals surface area contributed by atoms with Crippen molar-refractivity contribution in [1.29, 1.82) is 0 Å². The molecule has 0 heterocycles. The molecule has 0 aliphatic heterocycles. The van der Waals surface area contributed by atoms with Gasteiger partial charge in [0.25, 0.3) is 0 Å². The highest BCUT2D eigenvalue weighted by Crippen LogP contribution is 2.14. The Balaban J connectivity index is 2.45. The smallest absolute Gasteiger partial charge is 0.225 e. The molecule has 0 spiro atoms. The summed E-state index contributed by atoms with van der Waals surface area (Å²) in [5, 5.41) is 11.1. The van der Waals surface area contributed by atoms with Gasteiger partial charge in [-0.25, -0.2) is 8.42 Å². The number of hydrogen-bond donors (Lipinski definition) is 2. The number of sulfone groups is 1. The average Bonchev–Trinajstić information content (AvgIpc) is 2.30. The molecule has 1 aromatic rings. The summed E-state index contributed by atoms with van der Waals surface area (Å²) in [4.78, 5) is 11.5. The van der Waals surface area contributed by atoms with E-state index in [-0.39, 0.29) is 23.8 Å². The maximum Gasteiger partial charge on any atom is 0.225 e. The molecule has 0 fully saturated rings. The van der Waals surface area contributed by atoms with Crippen LogP contribution in [0.2, 0.25) is 0 Å². The van der Waals surface area contributed by atoms with Crippen molar-refractivity contribution in [3.8, 4) is 0 Å². The number of anilines is 1. The van der Waals surface area contributed by atoms with Crippen LogP contribution in [0.1, 0.15) is 6.42 Å². The van der Waals surface area contributed by atoms with Gasteiger partial charge >= 0.3 is 0 Å². The number of nitrogens with one attached hydrogen (secondary N) is 1. The van der Waals surface area contributed by atoms with Gasteiger partial charge in [0.05, 0.1) is 18.1 Å². The molecule has 1 rings (SSSR count). The quantitative estimate of drug-likeness (QED) is 0.817. The van der Waals surface area contributed by atoms with Crippen LogP contribution in [0.4, 0.5) is 5.69 Å². The topological polar surface area (TPSA) is 83.5 Å². The van der Waals surface area contributed by atoms with Gasteiger partial charge in [0.1, 0.15) is 0 Å². The van der Waals surface area contributed by atoms with Crippen molar-refractivity contribution in [3.05, 3.63) is 28.7 Å². The highest BCUT2D eigenvalue weighted by molar-refractivity contribution is 9.10. The lowest BCUT2D eigenvalue weighted by molar-refractivity contribution is -0.115. The molecule has 0 radical (unpaired) electrons. The molecule has 1 aromatic carbocycles. The maximum atomic E-state index is 11.5. The van der Waals surface area contributed by atoms with Gasteiger partial charge in [-0.3, -0.25) is 4.79 Å². The SMILES string of the molecule is O=C(CCS(=O)(=O)CCO)Nc1ccc(Br)cc1. The van der Waals surface area contributed by atoms with Gasteiger partial charge in [0.15, 0.2) is 9.84 Å². The van der Waals surface area contributed by atoms with Gasteiger partial charge in [-0.1, -0.05) is 15.9 Å². The van der Waals surface area contributed by atoms with Crippen LogP contribution in [0.15, 0.2) is 28.7 Å². The second-order valence-electron chi connectivity index (χ2n) is 3.68. The molecule has 0 aliphatic rings. The lowest BCUT2D eigenvalue weighted by atomic mass is 10.3. The molecule has 0 unspecified atom stereocenters. The van der Waals surface area contributed by atoms with Crippen molar-refractivity contribution >= 4 is 37.4 Å². The zero-order valence-electron chi connectivity index (χ0n) is 9.60. The number of carbonyl (C=O) groups is 1. The minimum atomic E-state index is -3.34. The van der Waals surface area contributed by atoms with Crippen molar-refractivity contribution in [2.45, 2.75) is 6.42 Å². The van der Waals surface area contributed by atoms with Crippen LogP contribution in [-0.4, -0.2) is 37.5 Å². The fraction of sp³-hybridized carbons (Fsp3) is 0.364. The Hall–Kier alpha value is -0.920. The molecular formula is C11H14BrNO4S. The number of halogens is 1. The first-order valence-electron chi connectivity index (χ1n) is 5.29. The standard InChI is InChI=1S/C11H14BrNO4S/c12-9-1-3-10(4-2-9)13-11(15)5-7-18(16,17)8-6-14/h1-4,14H,5-8H2,(H,13,15). The number of benzene rings is 1. The highest BCUT2D eigenvalue weighted by atomic mass is 79.9. The Morgan fingerprint density at radius 2 is 1.83 bits per heavy atom. The van der Waals surface area contributed by atoms with Crippen molar-refractivity contribution in [2.75, 3.05) is 23.4 Å². The van der Waals surface area contributed by atoms with Gasteiger partial charge < -0.3 is 10.4 Å². The minimum absolute atomic E-state index is 0.113. The molecular weight excluding hydrogens is 322 g/mol. The van der Waals surface area contributed by atoms with Crippen LogP contribution >= 0.6 is 15.9 Å². The molecule has 18 heavy (non-hydrogen) atoms. The number of rotatable bonds is 6. The summed E-state index contributed by atoms with van der Waals surface area (Å²) in [6, 6.07) is 6.98. The predicted molar refractivity (Wildman–Crippen MR) is 73.1 cm³/mol. The molecule has 5 nitrogen and oxygen atoms in total. The molecule has 0 saturated heterocycles. The van der Waals surface area contributed by atoms with E-state index in [9.17, 15) is 13.2 Å². The maximum absolute atomic E-state index is 11.5. The van der Waals surface area contributed by atoms with Gasteiger partial charge in [-0.2, -0.15) is 0 Å². The van der Waals surface area contributed by atoms with Gasteiger partial charge in [-0.05, 0) is 24.3 Å². The zero-order valence-corrected chi connectivity index (χ0v) is 12.0. The van der Waals surface area contributed by atoms with Crippen LogP contribution in [0, 0.1) is 0 Å². The summed E-state index contributed by atoms with van der Waals surface area (Å²) in [5.74, 6) is -0.923. The summed E-state index contributed by atoms with van der Waals surface area (Å²) >= 11 is 3.27. The van der Waals surface area contributed by atoms with E-state index in [0.717, 1.165) is 4.47 Å². The number of amides is 1. The number of hydrogen-bond acceptors (Lipinski definition) is 4. The van der Waals surface area contributed by atoms with Crippen molar-refractivity contribution in [2.24, 2.45) is 0 Å². The Kier molecular flexibility index (Phi) is 5.77. The van der Waals surface area contributed by atoms with Crippen LogP contribution in [0.3, 0.4) is 0 Å². The number of carbonyl (C=O) groups excluding carboxylic acids is 1. The lowest BCUT2D eigenvalue weighted by Gasteiger charge is -2.05. The largest absolute Gasteiger partial charge is 0.395 e. The Labute approximate surface area is 114 Å². The first-order chi connectivity index (χ1) is 8.43. The van der Waals surface area contributed by atoms with Gasteiger partial charge in [0, 0.05) is 16.6 Å². The van der Waals surface area contributed by atoms with Crippen molar-refractivity contribution < 1.29 is 18.3 Å². The number of aliphatic hydroxyl groups excluding tert-OH is 1. The molecule has 2 N–H and O–H groups in total. The first-order valence-corrected chi connectivity index (χ1v) is 7.91. The Morgan fingerprint density at radius 3 is 2.39 bits per heavy atom. The van der Waals surface area contributed by atoms with E-state index >= 15 is 0 Å². The Morgan fingerprint density at radius 1 is 1.22 bits per heavy atom. The second-order valence-corrected chi connectivity index (χ2v) is 6.90. The van der Waals surface area contributed by atoms with E-state index in [1.165, 1.54) is 0 Å². The molecule has 100 valence electrons. The van der Waals surface area contributed by atoms with Crippen LogP contribution in [0.5, 0.6) is 0 Å². The lowest BCUT2D eigenvalue weighted by Crippen LogP contribution is -2.20. The third kappa shape index (κ3) is 5.61. The molecule has 0 aromatic heterocycles. The zero-order chi connectivity index (χ0) is 13.6. The normalized spacial score (nSPS) is 11.2. The fourth-order valence-electron chi connectivity index (χ4n) is 1.25. The fourth-order valence-corrected chi connectivity index (χ4v) is 2.49. The summed E-state index contributed by atoms with van der Waals surface area (Å²) in [7, 11) is -3.34. The van der Waals surface area contributed by atoms with Gasteiger partial charge in [0.2, 0.25) is 5.91 Å². The minimum Gasteiger partial charge on any atom is -0.395 e. The molecule has 0 bridgehead atoms. The van der Waals surface area contributed by atoms with Crippen molar-refractivity contribution in [1.82, 2.24) is 0 Å². The third-order valence-electron chi connectivity index (χ3n) is 2.17. The monoisotopic (exact) mass is 335 g/mol. The van der Waals surface area contributed by atoms with E-state index in [1.54, 1.807) is 24.3 Å². The molecule has 0 aliphatic carbocycles. The molecule has 7 heteroatoms. The van der Waals surface area contributed by atoms with E-state index in [2.05, 4.69) is 21.2 Å². The highest BCUT2D eigenvalue weighted by Gasteiger charge is 2.12. The van der Waals surface area contributed by atoms with E-state index in [1.807, 2.05) is 0 Å². The van der Waals surface area contributed by atoms with Crippen LogP contribution in [0.25, 0.3) is 0 Å². The average molecular weight is 336 g/mol. The van der Waals surface area contributed by atoms with Gasteiger partial charge in [-0.15, -0.1) is 0 Å². The summed E-state index contributed by atoms with van der Waals surface area (Å²) < 4.78 is 23.5. The van der Waals surface area contributed by atoms with Crippen LogP contribution in [-0.2, 0) is 14.6 Å². The summed E-state index contributed by atoms with van der Waals surface area (Å²) in [5.41, 5.74) is 0.614. The van der Waals surface area contributed by atoms with Crippen molar-refractivity contribution in [3.63, 3.8) is 0 Å². The summed E-state index contributed by atoms with van der Waals surface area (Å²) in [6.45, 7) is -0.420. The van der Waals surface area contributed by atoms with E-state index in [0.29, 0.717) is 5.69 Å². The molecule has 1 amide bonds. The molecule has 0 saturated carbocycles. The third-order valence-corrected chi connectivity index (χ3v) is 4.33. The predicted octanol–water partition coefficient (Wildman–Crippen LogP) is 1.18. The van der Waals surface area contributed by atoms with E-state index < -0.39 is 16.4 Å².